The number of carbonyl (C=O) groups excluding carboxylic acids is 2. The summed E-state index contributed by atoms with van der Waals surface area (Å²) < 4.78 is 0. The van der Waals surface area contributed by atoms with Gasteiger partial charge in [0.25, 0.3) is 0 Å². The van der Waals surface area contributed by atoms with Crippen LogP contribution < -0.4 is 16.0 Å². The van der Waals surface area contributed by atoms with Crippen molar-refractivity contribution in [3.63, 3.8) is 0 Å². The highest BCUT2D eigenvalue weighted by molar-refractivity contribution is 5.95. The number of hydrogen-bond acceptors (Lipinski definition) is 4. The lowest BCUT2D eigenvalue weighted by atomic mass is 9.95. The van der Waals surface area contributed by atoms with E-state index in [1.807, 2.05) is 0 Å². The molecule has 17 heavy (non-hydrogen) atoms. The number of carbonyl (C=O) groups is 2. The van der Waals surface area contributed by atoms with Crippen LogP contribution in [0, 0.1) is 11.8 Å². The molecular weight excluding hydrogens is 220 g/mol. The zero-order valence-electron chi connectivity index (χ0n) is 10.3. The van der Waals surface area contributed by atoms with E-state index >= 15 is 0 Å². The molecule has 2 rings (SSSR count). The molecule has 96 valence electrons. The number of fused-ring (bicyclic) bond motifs is 1. The molecule has 0 saturated carbocycles. The first-order chi connectivity index (χ1) is 8.11. The zero-order valence-corrected chi connectivity index (χ0v) is 10.3. The molecule has 2 fully saturated rings. The summed E-state index contributed by atoms with van der Waals surface area (Å²) in [6.45, 7) is 5.49. The second kappa shape index (κ2) is 5.01. The molecule has 2 saturated heterocycles. The highest BCUT2D eigenvalue weighted by Gasteiger charge is 2.42. The maximum absolute atomic E-state index is 11.6. The lowest BCUT2D eigenvalue weighted by Gasteiger charge is -2.23. The second-order valence-corrected chi connectivity index (χ2v) is 4.88. The number of urea groups is 1. The first-order valence-corrected chi connectivity index (χ1v) is 6.08. The van der Waals surface area contributed by atoms with Crippen molar-refractivity contribution in [2.75, 3.05) is 33.2 Å². The quantitative estimate of drug-likeness (QED) is 0.578. The number of amides is 3. The fourth-order valence-corrected chi connectivity index (χ4v) is 2.88. The minimum atomic E-state index is -0.441. The van der Waals surface area contributed by atoms with Crippen LogP contribution in [0.5, 0.6) is 0 Å². The van der Waals surface area contributed by atoms with Crippen LogP contribution >= 0.6 is 0 Å². The SMILES string of the molecule is CNC(=O)NC(=O)CN1CC2CNCC2C1C. The normalized spacial score (nSPS) is 32.2. The molecule has 0 aromatic carbocycles. The summed E-state index contributed by atoms with van der Waals surface area (Å²) in [5, 5.41) is 8.05. The third-order valence-electron chi connectivity index (χ3n) is 3.88. The zero-order chi connectivity index (χ0) is 12.4. The molecule has 6 heteroatoms. The average Bonchev–Trinajstić information content (AvgIpc) is 2.84. The van der Waals surface area contributed by atoms with Crippen molar-refractivity contribution in [2.45, 2.75) is 13.0 Å². The highest BCUT2D eigenvalue weighted by atomic mass is 16.2. The summed E-state index contributed by atoms with van der Waals surface area (Å²) in [4.78, 5) is 24.8. The standard InChI is InChI=1S/C11H20N4O2/c1-7-9-4-13-3-8(9)5-15(7)6-10(16)14-11(17)12-2/h7-9,13H,3-6H2,1-2H3,(H2,12,14,16,17). The summed E-state index contributed by atoms with van der Waals surface area (Å²) in [7, 11) is 1.50. The Bertz CT molecular complexity index is 321. The first-order valence-electron chi connectivity index (χ1n) is 6.08. The van der Waals surface area contributed by atoms with Crippen molar-refractivity contribution >= 4 is 11.9 Å². The largest absolute Gasteiger partial charge is 0.341 e. The van der Waals surface area contributed by atoms with Gasteiger partial charge >= 0.3 is 6.03 Å². The topological polar surface area (TPSA) is 73.5 Å². The van der Waals surface area contributed by atoms with Crippen LogP contribution in [0.3, 0.4) is 0 Å². The number of imide groups is 1. The third kappa shape index (κ3) is 2.58. The van der Waals surface area contributed by atoms with Crippen molar-refractivity contribution in [1.29, 1.82) is 0 Å². The molecule has 0 aliphatic carbocycles. The molecule has 3 unspecified atom stereocenters. The molecule has 0 aromatic rings. The fraction of sp³-hybridized carbons (Fsp3) is 0.818. The monoisotopic (exact) mass is 240 g/mol. The number of likely N-dealkylation sites (tertiary alicyclic amines) is 1. The van der Waals surface area contributed by atoms with Crippen LogP contribution in [0.25, 0.3) is 0 Å². The van der Waals surface area contributed by atoms with Crippen LogP contribution in [-0.2, 0) is 4.79 Å². The van der Waals surface area contributed by atoms with Crippen molar-refractivity contribution in [3.8, 4) is 0 Å². The molecular formula is C11H20N4O2. The maximum atomic E-state index is 11.6. The van der Waals surface area contributed by atoms with Crippen LogP contribution in [0.1, 0.15) is 6.92 Å². The highest BCUT2D eigenvalue weighted by Crippen LogP contribution is 2.31. The first kappa shape index (κ1) is 12.3. The van der Waals surface area contributed by atoms with Gasteiger partial charge in [0.05, 0.1) is 6.54 Å². The molecule has 2 aliphatic rings. The Hall–Kier alpha value is -1.14. The fourth-order valence-electron chi connectivity index (χ4n) is 2.88. The third-order valence-corrected chi connectivity index (χ3v) is 3.88. The summed E-state index contributed by atoms with van der Waals surface area (Å²) in [5.41, 5.74) is 0. The van der Waals surface area contributed by atoms with Gasteiger partial charge in [0.2, 0.25) is 5.91 Å². The minimum Gasteiger partial charge on any atom is -0.341 e. The van der Waals surface area contributed by atoms with Crippen molar-refractivity contribution in [2.24, 2.45) is 11.8 Å². The Morgan fingerprint density at radius 3 is 2.82 bits per heavy atom. The number of rotatable bonds is 2. The summed E-state index contributed by atoms with van der Waals surface area (Å²) in [5.74, 6) is 1.06. The summed E-state index contributed by atoms with van der Waals surface area (Å²) in [6.07, 6.45) is 0. The van der Waals surface area contributed by atoms with Gasteiger partial charge in [-0.05, 0) is 31.8 Å². The van der Waals surface area contributed by atoms with E-state index in [0.717, 1.165) is 19.6 Å². The van der Waals surface area contributed by atoms with E-state index in [1.54, 1.807) is 0 Å². The van der Waals surface area contributed by atoms with Crippen molar-refractivity contribution in [3.05, 3.63) is 0 Å². The van der Waals surface area contributed by atoms with Crippen molar-refractivity contribution < 1.29 is 9.59 Å². The Morgan fingerprint density at radius 2 is 2.18 bits per heavy atom. The smallest absolute Gasteiger partial charge is 0.321 e. The van der Waals surface area contributed by atoms with E-state index in [2.05, 4.69) is 27.8 Å². The molecule has 3 amide bonds. The van der Waals surface area contributed by atoms with E-state index in [0.29, 0.717) is 24.4 Å². The predicted molar refractivity (Wildman–Crippen MR) is 63.5 cm³/mol. The Labute approximate surface area is 101 Å². The van der Waals surface area contributed by atoms with E-state index in [1.165, 1.54) is 7.05 Å². The molecule has 2 heterocycles. The van der Waals surface area contributed by atoms with Crippen LogP contribution in [0.15, 0.2) is 0 Å². The average molecular weight is 240 g/mol. The van der Waals surface area contributed by atoms with E-state index in [4.69, 9.17) is 0 Å². The lowest BCUT2D eigenvalue weighted by molar-refractivity contribution is -0.121. The molecule has 0 radical (unpaired) electrons. The molecule has 3 atom stereocenters. The van der Waals surface area contributed by atoms with E-state index in [-0.39, 0.29) is 5.91 Å². The molecule has 0 bridgehead atoms. The van der Waals surface area contributed by atoms with Gasteiger partial charge in [-0.15, -0.1) is 0 Å². The maximum Gasteiger partial charge on any atom is 0.321 e. The summed E-state index contributed by atoms with van der Waals surface area (Å²) >= 11 is 0. The van der Waals surface area contributed by atoms with Gasteiger partial charge in [0.15, 0.2) is 0 Å². The van der Waals surface area contributed by atoms with Gasteiger partial charge in [-0.2, -0.15) is 0 Å². The Kier molecular flexibility index (Phi) is 3.63. The van der Waals surface area contributed by atoms with Gasteiger partial charge < -0.3 is 10.6 Å². The van der Waals surface area contributed by atoms with Crippen molar-refractivity contribution in [1.82, 2.24) is 20.9 Å². The van der Waals surface area contributed by atoms with E-state index in [9.17, 15) is 9.59 Å². The lowest BCUT2D eigenvalue weighted by Crippen LogP contribution is -2.45. The number of nitrogens with zero attached hydrogens (tertiary/aromatic N) is 1. The van der Waals surface area contributed by atoms with Gasteiger partial charge in [0, 0.05) is 19.6 Å². The summed E-state index contributed by atoms with van der Waals surface area (Å²) in [6, 6.07) is -0.0332. The van der Waals surface area contributed by atoms with Gasteiger partial charge in [-0.25, -0.2) is 4.79 Å². The van der Waals surface area contributed by atoms with E-state index < -0.39 is 6.03 Å². The Balaban J connectivity index is 1.84. The molecule has 0 spiro atoms. The molecule has 0 aromatic heterocycles. The number of hydrogen-bond donors (Lipinski definition) is 3. The van der Waals surface area contributed by atoms with Crippen LogP contribution in [-0.4, -0.2) is 56.1 Å². The van der Waals surface area contributed by atoms with Gasteiger partial charge in [-0.1, -0.05) is 0 Å². The second-order valence-electron chi connectivity index (χ2n) is 4.88. The Morgan fingerprint density at radius 1 is 1.41 bits per heavy atom. The van der Waals surface area contributed by atoms with Gasteiger partial charge in [0.1, 0.15) is 0 Å². The number of nitrogens with one attached hydrogen (secondary N) is 3. The minimum absolute atomic E-state index is 0.232. The molecule has 2 aliphatic heterocycles. The molecule has 6 nitrogen and oxygen atoms in total. The molecule has 3 N–H and O–H groups in total. The van der Waals surface area contributed by atoms with Crippen LogP contribution in [0.4, 0.5) is 4.79 Å². The predicted octanol–water partition coefficient (Wildman–Crippen LogP) is -1.02. The van der Waals surface area contributed by atoms with Gasteiger partial charge in [-0.3, -0.25) is 15.0 Å². The van der Waals surface area contributed by atoms with Crippen LogP contribution in [0.2, 0.25) is 0 Å².